The van der Waals surface area contributed by atoms with Crippen LogP contribution in [-0.4, -0.2) is 8.97 Å². The molecule has 0 N–H and O–H groups in total. The van der Waals surface area contributed by atoms with Gasteiger partial charge in [-0.3, -0.25) is 0 Å². The Kier molecular flexibility index (Phi) is 6.93. The number of fused-ring (bicyclic) bond motifs is 15. The van der Waals surface area contributed by atoms with E-state index in [1.54, 1.807) is 0 Å². The Bertz CT molecular complexity index is 4200. The molecule has 0 fully saturated rings. The third-order valence-electron chi connectivity index (χ3n) is 14.6. The molecule has 3 aromatic heterocycles. The van der Waals surface area contributed by atoms with Crippen LogP contribution in [0.15, 0.2) is 188 Å². The highest BCUT2D eigenvalue weighted by Gasteiger charge is 2.26. The number of nitrogens with zero attached hydrogens (tertiary/aromatic N) is 2. The minimum absolute atomic E-state index is 1.24. The fourth-order valence-electron chi connectivity index (χ4n) is 11.9. The summed E-state index contributed by atoms with van der Waals surface area (Å²) in [5.41, 5.74) is 15.4. The zero-order valence-corrected chi connectivity index (χ0v) is 35.3. The third-order valence-corrected chi connectivity index (χ3v) is 14.6. The van der Waals surface area contributed by atoms with E-state index in [1.165, 1.54) is 148 Å². The van der Waals surface area contributed by atoms with Crippen molar-refractivity contribution in [2.45, 2.75) is 20.8 Å². The van der Waals surface area contributed by atoms with Crippen molar-refractivity contribution in [3.8, 4) is 27.9 Å². The van der Waals surface area contributed by atoms with Crippen molar-refractivity contribution >= 4 is 103 Å². The summed E-state index contributed by atoms with van der Waals surface area (Å²) in [6.07, 6.45) is 0. The zero-order chi connectivity index (χ0) is 41.7. The number of rotatable bonds is 3. The maximum atomic E-state index is 2.62. The minimum Gasteiger partial charge on any atom is -0.312 e. The van der Waals surface area contributed by atoms with Gasteiger partial charge in [-0.2, -0.15) is 0 Å². The van der Waals surface area contributed by atoms with Gasteiger partial charge in [-0.15, -0.1) is 0 Å². The van der Waals surface area contributed by atoms with Gasteiger partial charge in [-0.05, 0) is 86.5 Å². The molecule has 294 valence electrons. The standard InChI is InChI=1S/C61H40N2/c1-35-37(3)62(60-47-24-13-10-21-44(47)54(38-17-6-4-7-18-38)45-22-11-14-25-48(45)60)58-40(35)29-31-42-43-32-30-41-36(2)57-53-28-16-27-52-55(39-19-8-5-9-20-39)46-23-12-15-26-49(46)61(56(52)53)63(57)59(41)51(43)34-33-50(42)58/h4-34H,1-3H3. The lowest BCUT2D eigenvalue weighted by Gasteiger charge is -2.20. The lowest BCUT2D eigenvalue weighted by Crippen LogP contribution is -2.01. The minimum atomic E-state index is 1.24. The Morgan fingerprint density at radius 3 is 1.29 bits per heavy atom. The Balaban J connectivity index is 1.12. The van der Waals surface area contributed by atoms with Crippen LogP contribution in [0.2, 0.25) is 0 Å². The second-order valence-corrected chi connectivity index (χ2v) is 17.6. The summed E-state index contributed by atoms with van der Waals surface area (Å²) in [4.78, 5) is 0. The average molecular weight is 801 g/mol. The summed E-state index contributed by atoms with van der Waals surface area (Å²) < 4.78 is 5.21. The van der Waals surface area contributed by atoms with Crippen LogP contribution in [0.1, 0.15) is 16.8 Å². The molecule has 0 aliphatic carbocycles. The van der Waals surface area contributed by atoms with Crippen LogP contribution in [0.4, 0.5) is 0 Å². The van der Waals surface area contributed by atoms with Crippen molar-refractivity contribution in [1.82, 2.24) is 8.97 Å². The fourth-order valence-corrected chi connectivity index (χ4v) is 11.9. The van der Waals surface area contributed by atoms with Crippen molar-refractivity contribution in [2.75, 3.05) is 0 Å². The molecule has 0 radical (unpaired) electrons. The zero-order valence-electron chi connectivity index (χ0n) is 35.3. The Labute approximate surface area is 363 Å². The second kappa shape index (κ2) is 12.6. The molecule has 11 aromatic carbocycles. The number of hydrogen-bond acceptors (Lipinski definition) is 0. The number of aromatic nitrogens is 2. The summed E-state index contributed by atoms with van der Waals surface area (Å²) in [5.74, 6) is 0. The van der Waals surface area contributed by atoms with Crippen LogP contribution in [0.3, 0.4) is 0 Å². The van der Waals surface area contributed by atoms with Gasteiger partial charge >= 0.3 is 0 Å². The summed E-state index contributed by atoms with van der Waals surface area (Å²) in [5, 5.41) is 19.3. The number of hydrogen-bond donors (Lipinski definition) is 0. The SMILES string of the molecule is Cc1c(C)n(-c2c3ccccc3c(-c3ccccc3)c3ccccc23)c2c1ccc1c3ccc4c(C)c5c6cccc7c(-c8ccccc8)c8ccccc8c(c76)n5c4c3ccc12. The summed E-state index contributed by atoms with van der Waals surface area (Å²) in [6, 6.07) is 70.2. The molecule has 0 aliphatic rings. The number of aryl methyl sites for hydroxylation is 2. The normalized spacial score (nSPS) is 12.4. The number of benzene rings is 11. The Hall–Kier alpha value is -7.94. The van der Waals surface area contributed by atoms with Crippen LogP contribution in [-0.2, 0) is 0 Å². The predicted molar refractivity (Wildman–Crippen MR) is 271 cm³/mol. The van der Waals surface area contributed by atoms with E-state index in [4.69, 9.17) is 0 Å². The van der Waals surface area contributed by atoms with Crippen molar-refractivity contribution in [2.24, 2.45) is 0 Å². The van der Waals surface area contributed by atoms with Crippen LogP contribution in [0, 0.1) is 20.8 Å². The van der Waals surface area contributed by atoms with Gasteiger partial charge in [-0.1, -0.05) is 188 Å². The van der Waals surface area contributed by atoms with Crippen molar-refractivity contribution in [3.05, 3.63) is 205 Å². The van der Waals surface area contributed by atoms with E-state index in [-0.39, 0.29) is 0 Å². The van der Waals surface area contributed by atoms with E-state index in [2.05, 4.69) is 218 Å². The molecule has 0 saturated heterocycles. The fraction of sp³-hybridized carbons (Fsp3) is 0.0492. The van der Waals surface area contributed by atoms with Crippen LogP contribution >= 0.6 is 0 Å². The Morgan fingerprint density at radius 1 is 0.270 bits per heavy atom. The molecule has 63 heavy (non-hydrogen) atoms. The molecule has 3 heterocycles. The van der Waals surface area contributed by atoms with E-state index in [0.717, 1.165) is 0 Å². The molecule has 0 bridgehead atoms. The van der Waals surface area contributed by atoms with Crippen molar-refractivity contribution in [3.63, 3.8) is 0 Å². The van der Waals surface area contributed by atoms with E-state index in [0.29, 0.717) is 0 Å². The molecular formula is C61H40N2. The molecule has 14 aromatic rings. The quantitative estimate of drug-likeness (QED) is 0.124. The van der Waals surface area contributed by atoms with Crippen LogP contribution in [0.5, 0.6) is 0 Å². The predicted octanol–water partition coefficient (Wildman–Crippen LogP) is 16.8. The molecule has 0 atom stereocenters. The van der Waals surface area contributed by atoms with E-state index < -0.39 is 0 Å². The summed E-state index contributed by atoms with van der Waals surface area (Å²) in [7, 11) is 0. The molecule has 14 rings (SSSR count). The van der Waals surface area contributed by atoms with Crippen molar-refractivity contribution < 1.29 is 0 Å². The lowest BCUT2D eigenvalue weighted by atomic mass is 9.90. The second-order valence-electron chi connectivity index (χ2n) is 17.6. The molecule has 0 unspecified atom stereocenters. The molecule has 0 saturated carbocycles. The van der Waals surface area contributed by atoms with Gasteiger partial charge in [0.2, 0.25) is 0 Å². The van der Waals surface area contributed by atoms with E-state index >= 15 is 0 Å². The molecule has 0 amide bonds. The van der Waals surface area contributed by atoms with Gasteiger partial charge in [0.1, 0.15) is 0 Å². The molecular weight excluding hydrogens is 761 g/mol. The monoisotopic (exact) mass is 800 g/mol. The first-order valence-corrected chi connectivity index (χ1v) is 22.1. The van der Waals surface area contributed by atoms with Crippen LogP contribution < -0.4 is 0 Å². The first-order valence-electron chi connectivity index (χ1n) is 22.1. The maximum absolute atomic E-state index is 2.62. The lowest BCUT2D eigenvalue weighted by molar-refractivity contribution is 1.06. The van der Waals surface area contributed by atoms with Gasteiger partial charge in [0.25, 0.3) is 0 Å². The first-order chi connectivity index (χ1) is 31.1. The van der Waals surface area contributed by atoms with Crippen molar-refractivity contribution in [1.29, 1.82) is 0 Å². The molecule has 0 spiro atoms. The highest BCUT2D eigenvalue weighted by atomic mass is 15.0. The summed E-state index contributed by atoms with van der Waals surface area (Å²) in [6.45, 7) is 6.93. The summed E-state index contributed by atoms with van der Waals surface area (Å²) >= 11 is 0. The van der Waals surface area contributed by atoms with E-state index in [9.17, 15) is 0 Å². The topological polar surface area (TPSA) is 9.34 Å². The van der Waals surface area contributed by atoms with Gasteiger partial charge in [0.05, 0.1) is 27.8 Å². The van der Waals surface area contributed by atoms with E-state index in [1.807, 2.05) is 0 Å². The highest BCUT2D eigenvalue weighted by molar-refractivity contribution is 6.34. The molecule has 0 aliphatic heterocycles. The largest absolute Gasteiger partial charge is 0.312 e. The Morgan fingerprint density at radius 2 is 0.683 bits per heavy atom. The smallest absolute Gasteiger partial charge is 0.0626 e. The van der Waals surface area contributed by atoms with Gasteiger partial charge in [0, 0.05) is 54.2 Å². The van der Waals surface area contributed by atoms with Gasteiger partial charge in [-0.25, -0.2) is 0 Å². The average Bonchev–Trinajstić information content (AvgIpc) is 3.93. The first kappa shape index (κ1) is 34.7. The van der Waals surface area contributed by atoms with Gasteiger partial charge < -0.3 is 8.97 Å². The molecule has 2 nitrogen and oxygen atoms in total. The van der Waals surface area contributed by atoms with Crippen LogP contribution in [0.25, 0.3) is 131 Å². The maximum Gasteiger partial charge on any atom is 0.0626 e. The highest BCUT2D eigenvalue weighted by Crippen LogP contribution is 2.50. The third kappa shape index (κ3) is 4.42. The van der Waals surface area contributed by atoms with Gasteiger partial charge in [0.15, 0.2) is 0 Å². The molecule has 2 heteroatoms.